The van der Waals surface area contributed by atoms with Gasteiger partial charge in [-0.1, -0.05) is 77.9 Å². The molecule has 49 heavy (non-hydrogen) atoms. The topological polar surface area (TPSA) is 116 Å². The number of phenols is 1. The molecular formula is C39H35N3O6S. The summed E-state index contributed by atoms with van der Waals surface area (Å²) in [5.41, 5.74) is 5.07. The smallest absolute Gasteiger partial charge is 0.260 e. The molecule has 248 valence electrons. The Morgan fingerprint density at radius 2 is 1.67 bits per heavy atom. The number of allylic oxidation sites excluding steroid dienone is 2. The first kappa shape index (κ1) is 31.1. The van der Waals surface area contributed by atoms with Crippen molar-refractivity contribution < 1.29 is 29.0 Å². The van der Waals surface area contributed by atoms with Gasteiger partial charge in [-0.05, 0) is 60.9 Å². The van der Waals surface area contributed by atoms with Crippen molar-refractivity contribution in [3.05, 3.63) is 124 Å². The van der Waals surface area contributed by atoms with Crippen molar-refractivity contribution in [2.24, 2.45) is 23.7 Å². The van der Waals surface area contributed by atoms with E-state index in [0.29, 0.717) is 23.2 Å². The molecule has 2 aliphatic heterocycles. The lowest BCUT2D eigenvalue weighted by Gasteiger charge is -2.50. The SMILES string of the molecule is COc1cccc(C2C3=CCC4C(=O)N(Cc5cccs5)C(=O)C4C3CC3C(=O)N(Nc4ccc(C)cc4)C(=O)C32c2ccccc2)c1O. The number of anilines is 1. The van der Waals surface area contributed by atoms with Crippen LogP contribution in [0.4, 0.5) is 5.69 Å². The fourth-order valence-electron chi connectivity index (χ4n) is 8.81. The van der Waals surface area contributed by atoms with Crippen molar-refractivity contribution in [3.8, 4) is 11.5 Å². The van der Waals surface area contributed by atoms with Crippen molar-refractivity contribution in [2.75, 3.05) is 12.5 Å². The van der Waals surface area contributed by atoms with Gasteiger partial charge in [-0.2, -0.15) is 5.01 Å². The molecule has 2 saturated heterocycles. The highest BCUT2D eigenvalue weighted by molar-refractivity contribution is 7.09. The number of carbonyl (C=O) groups excluding carboxylic acids is 4. The minimum Gasteiger partial charge on any atom is -0.504 e. The predicted molar refractivity (Wildman–Crippen MR) is 183 cm³/mol. The van der Waals surface area contributed by atoms with E-state index in [0.717, 1.165) is 21.0 Å². The van der Waals surface area contributed by atoms with E-state index < -0.39 is 46.8 Å². The number of rotatable bonds is 7. The van der Waals surface area contributed by atoms with Gasteiger partial charge in [-0.25, -0.2) is 0 Å². The van der Waals surface area contributed by atoms with E-state index in [9.17, 15) is 19.5 Å². The van der Waals surface area contributed by atoms with E-state index in [4.69, 9.17) is 4.74 Å². The van der Waals surface area contributed by atoms with E-state index in [-0.39, 0.29) is 36.3 Å². The summed E-state index contributed by atoms with van der Waals surface area (Å²) in [6.45, 7) is 2.16. The number of ether oxygens (including phenoxy) is 1. The molecule has 2 N–H and O–H groups in total. The Kier molecular flexibility index (Phi) is 7.44. The van der Waals surface area contributed by atoms with Gasteiger partial charge in [0.15, 0.2) is 11.5 Å². The molecule has 2 aliphatic carbocycles. The highest BCUT2D eigenvalue weighted by Crippen LogP contribution is 2.65. The monoisotopic (exact) mass is 673 g/mol. The van der Waals surface area contributed by atoms with E-state index in [2.05, 4.69) is 5.43 Å². The molecule has 4 amide bonds. The van der Waals surface area contributed by atoms with Gasteiger partial charge in [0.1, 0.15) is 0 Å². The third-order valence-electron chi connectivity index (χ3n) is 10.9. The number of benzene rings is 3. The predicted octanol–water partition coefficient (Wildman–Crippen LogP) is 5.96. The second kappa shape index (κ2) is 11.7. The first-order valence-electron chi connectivity index (χ1n) is 16.5. The minimum atomic E-state index is -1.47. The zero-order chi connectivity index (χ0) is 34.0. The number of nitrogens with zero attached hydrogens (tertiary/aromatic N) is 2. The number of para-hydroxylation sites is 1. The zero-order valence-corrected chi connectivity index (χ0v) is 27.9. The van der Waals surface area contributed by atoms with Crippen molar-refractivity contribution in [1.82, 2.24) is 9.91 Å². The van der Waals surface area contributed by atoms with E-state index in [1.54, 1.807) is 18.2 Å². The third-order valence-corrected chi connectivity index (χ3v) is 11.8. The maximum Gasteiger partial charge on any atom is 0.260 e. The van der Waals surface area contributed by atoms with Crippen molar-refractivity contribution in [3.63, 3.8) is 0 Å². The van der Waals surface area contributed by atoms with Gasteiger partial charge in [-0.15, -0.1) is 11.3 Å². The molecule has 6 atom stereocenters. The van der Waals surface area contributed by atoms with Crippen LogP contribution in [-0.2, 0) is 31.1 Å². The van der Waals surface area contributed by atoms with Crippen LogP contribution in [0.5, 0.6) is 11.5 Å². The van der Waals surface area contributed by atoms with Crippen LogP contribution in [0.3, 0.4) is 0 Å². The average Bonchev–Trinajstić information content (AvgIpc) is 3.78. The van der Waals surface area contributed by atoms with Crippen LogP contribution in [0, 0.1) is 30.6 Å². The van der Waals surface area contributed by atoms with Crippen molar-refractivity contribution in [1.29, 1.82) is 0 Å². The number of imide groups is 2. The fourth-order valence-corrected chi connectivity index (χ4v) is 9.50. The summed E-state index contributed by atoms with van der Waals surface area (Å²) in [7, 11) is 1.46. The van der Waals surface area contributed by atoms with Crippen molar-refractivity contribution in [2.45, 2.75) is 37.6 Å². The number of aryl methyl sites for hydroxylation is 1. The second-order valence-electron chi connectivity index (χ2n) is 13.3. The van der Waals surface area contributed by atoms with Gasteiger partial charge in [0.25, 0.3) is 11.8 Å². The summed E-state index contributed by atoms with van der Waals surface area (Å²) in [5.74, 6) is -4.78. The largest absolute Gasteiger partial charge is 0.504 e. The number of hydrogen-bond acceptors (Lipinski definition) is 8. The molecule has 3 aromatic carbocycles. The van der Waals surface area contributed by atoms with Gasteiger partial charge in [0.05, 0.1) is 42.5 Å². The Morgan fingerprint density at radius 1 is 0.898 bits per heavy atom. The molecule has 1 aromatic heterocycles. The normalized spacial score (nSPS) is 27.5. The van der Waals surface area contributed by atoms with Crippen LogP contribution in [0.25, 0.3) is 0 Å². The van der Waals surface area contributed by atoms with E-state index in [1.807, 2.05) is 85.1 Å². The Hall–Kier alpha value is -5.22. The van der Waals surface area contributed by atoms with Crippen molar-refractivity contribution >= 4 is 40.7 Å². The molecule has 0 radical (unpaired) electrons. The molecule has 9 nitrogen and oxygen atoms in total. The minimum absolute atomic E-state index is 0.133. The maximum atomic E-state index is 15.2. The van der Waals surface area contributed by atoms with Crippen LogP contribution in [-0.4, -0.2) is 45.8 Å². The molecule has 6 unspecified atom stereocenters. The standard InChI is InChI=1S/C39H35N3O6S/c1-22-13-15-24(16-14-22)40-42-36(45)30-20-29-26(17-18-27-32(29)37(46)41(35(27)44)21-25-10-7-19-49-25)33(28-11-6-12-31(48-2)34(28)43)39(30,38(42)47)23-8-4-3-5-9-23/h3-17,19,27,29-30,32-33,40,43H,18,20-21H2,1-2H3. The zero-order valence-electron chi connectivity index (χ0n) is 27.0. The molecule has 0 spiro atoms. The average molecular weight is 674 g/mol. The lowest BCUT2D eigenvalue weighted by molar-refractivity contribution is -0.141. The second-order valence-corrected chi connectivity index (χ2v) is 14.4. The van der Waals surface area contributed by atoms with Gasteiger partial charge < -0.3 is 9.84 Å². The summed E-state index contributed by atoms with van der Waals surface area (Å²) in [4.78, 5) is 60.4. The van der Waals surface area contributed by atoms with Crippen LogP contribution in [0.15, 0.2) is 102 Å². The first-order chi connectivity index (χ1) is 23.7. The summed E-state index contributed by atoms with van der Waals surface area (Å²) in [5, 5.41) is 14.8. The quantitative estimate of drug-likeness (QED) is 0.184. The van der Waals surface area contributed by atoms with Gasteiger partial charge in [0, 0.05) is 16.4 Å². The molecule has 3 heterocycles. The van der Waals surface area contributed by atoms with Gasteiger partial charge in [0.2, 0.25) is 11.8 Å². The van der Waals surface area contributed by atoms with Gasteiger partial charge in [-0.3, -0.25) is 29.5 Å². The number of methoxy groups -OCH3 is 1. The number of aromatic hydroxyl groups is 1. The number of hydrogen-bond donors (Lipinski definition) is 2. The Bertz CT molecular complexity index is 2010. The maximum absolute atomic E-state index is 15.2. The van der Waals surface area contributed by atoms with Gasteiger partial charge >= 0.3 is 0 Å². The van der Waals surface area contributed by atoms with Crippen LogP contribution < -0.4 is 10.2 Å². The Balaban J connectivity index is 1.32. The van der Waals surface area contributed by atoms with Crippen LogP contribution in [0.1, 0.15) is 40.3 Å². The molecule has 3 fully saturated rings. The number of likely N-dealkylation sites (tertiary alicyclic amines) is 1. The first-order valence-corrected chi connectivity index (χ1v) is 17.3. The Morgan fingerprint density at radius 3 is 2.39 bits per heavy atom. The number of hydrazine groups is 1. The molecule has 4 aliphatic rings. The number of phenolic OH excluding ortho intramolecular Hbond substituents is 1. The summed E-state index contributed by atoms with van der Waals surface area (Å²) < 4.78 is 5.54. The van der Waals surface area contributed by atoms with E-state index in [1.165, 1.54) is 23.3 Å². The Labute approximate surface area is 287 Å². The summed E-state index contributed by atoms with van der Waals surface area (Å²) >= 11 is 1.49. The van der Waals surface area contributed by atoms with Crippen LogP contribution >= 0.6 is 11.3 Å². The number of amides is 4. The molecule has 10 heteroatoms. The highest BCUT2D eigenvalue weighted by atomic mass is 32.1. The van der Waals surface area contributed by atoms with E-state index >= 15 is 4.79 Å². The fraction of sp³-hybridized carbons (Fsp3) is 0.282. The highest BCUT2D eigenvalue weighted by Gasteiger charge is 2.70. The number of thiophene rings is 1. The number of fused-ring (bicyclic) bond motifs is 4. The summed E-state index contributed by atoms with van der Waals surface area (Å²) in [6.07, 6.45) is 2.49. The lowest BCUT2D eigenvalue weighted by Crippen LogP contribution is -2.53. The molecule has 8 rings (SSSR count). The number of carbonyl (C=O) groups is 4. The molecule has 0 bridgehead atoms. The third kappa shape index (κ3) is 4.57. The summed E-state index contributed by atoms with van der Waals surface area (Å²) in [6, 6.07) is 25.7. The lowest BCUT2D eigenvalue weighted by atomic mass is 9.49. The number of nitrogens with one attached hydrogen (secondary N) is 1. The molecule has 1 saturated carbocycles. The molecule has 4 aromatic rings. The van der Waals surface area contributed by atoms with Crippen LogP contribution in [0.2, 0.25) is 0 Å². The molecular weight excluding hydrogens is 639 g/mol.